The van der Waals surface area contributed by atoms with Crippen LogP contribution in [0.25, 0.3) is 16.9 Å². The van der Waals surface area contributed by atoms with E-state index in [1.165, 1.54) is 17.3 Å². The van der Waals surface area contributed by atoms with Crippen molar-refractivity contribution >= 4 is 33.5 Å². The van der Waals surface area contributed by atoms with Crippen molar-refractivity contribution in [2.45, 2.75) is 49.6 Å². The molecule has 1 fully saturated rings. The molecule has 0 bridgehead atoms. The van der Waals surface area contributed by atoms with Crippen molar-refractivity contribution in [1.29, 1.82) is 0 Å². The van der Waals surface area contributed by atoms with Gasteiger partial charge in [-0.3, -0.25) is 14.2 Å². The molecule has 0 radical (unpaired) electrons. The minimum atomic E-state index is -0.171. The van der Waals surface area contributed by atoms with Crippen LogP contribution < -0.4 is 5.56 Å². The Hall–Kier alpha value is -2.96. The van der Waals surface area contributed by atoms with E-state index in [2.05, 4.69) is 34.1 Å². The summed E-state index contributed by atoms with van der Waals surface area (Å²) in [5.74, 6) is 0.207. The molecule has 1 heterocycles. The van der Waals surface area contributed by atoms with Crippen molar-refractivity contribution < 1.29 is 4.79 Å². The minimum absolute atomic E-state index is 0.00518. The maximum absolute atomic E-state index is 14.5. The third-order valence-corrected chi connectivity index (χ3v) is 9.17. The van der Waals surface area contributed by atoms with Gasteiger partial charge >= 0.3 is 0 Å². The standard InChI is InChI=1S/C31H27BrN2O2S/c1-20-7-6-9-24(17-20)34-29(36)27-28(25-10-3-2-8-22(25)18-31(27)15-4-5-16-31)33-30(34)37-19-26(35)21-11-13-23(32)14-12-21/h2-3,6-14,17H,4-5,15-16,18-19H2,1H3. The summed E-state index contributed by atoms with van der Waals surface area (Å²) in [7, 11) is 0. The Morgan fingerprint density at radius 3 is 2.54 bits per heavy atom. The number of benzene rings is 3. The number of thioether (sulfide) groups is 1. The molecule has 2 aliphatic rings. The van der Waals surface area contributed by atoms with Gasteiger partial charge in [-0.25, -0.2) is 4.98 Å². The zero-order valence-corrected chi connectivity index (χ0v) is 23.1. The molecular weight excluding hydrogens is 544 g/mol. The molecule has 4 nitrogen and oxygen atoms in total. The summed E-state index contributed by atoms with van der Waals surface area (Å²) >= 11 is 4.77. The third-order valence-electron chi connectivity index (χ3n) is 7.70. The van der Waals surface area contributed by atoms with Crippen LogP contribution in [0, 0.1) is 6.92 Å². The maximum atomic E-state index is 14.5. The Morgan fingerprint density at radius 1 is 1.03 bits per heavy atom. The highest BCUT2D eigenvalue weighted by atomic mass is 79.9. The molecule has 0 atom stereocenters. The molecule has 0 saturated heterocycles. The quantitative estimate of drug-likeness (QED) is 0.143. The molecule has 1 saturated carbocycles. The highest BCUT2D eigenvalue weighted by molar-refractivity contribution is 9.10. The Kier molecular flexibility index (Phi) is 6.41. The number of carbonyl (C=O) groups excluding carboxylic acids is 1. The van der Waals surface area contributed by atoms with Crippen molar-refractivity contribution in [3.8, 4) is 16.9 Å². The van der Waals surface area contributed by atoms with E-state index in [0.29, 0.717) is 10.7 Å². The van der Waals surface area contributed by atoms with Gasteiger partial charge in [0.1, 0.15) is 0 Å². The van der Waals surface area contributed by atoms with Crippen LogP contribution in [-0.2, 0) is 11.8 Å². The maximum Gasteiger partial charge on any atom is 0.263 e. The van der Waals surface area contributed by atoms with E-state index in [9.17, 15) is 9.59 Å². The normalized spacial score (nSPS) is 15.4. The molecule has 0 unspecified atom stereocenters. The number of hydrogen-bond donors (Lipinski definition) is 0. The molecule has 37 heavy (non-hydrogen) atoms. The van der Waals surface area contributed by atoms with Gasteiger partial charge in [0.25, 0.3) is 5.56 Å². The van der Waals surface area contributed by atoms with Crippen molar-refractivity contribution in [2.75, 3.05) is 5.75 Å². The van der Waals surface area contributed by atoms with E-state index in [0.717, 1.165) is 64.6 Å². The lowest BCUT2D eigenvalue weighted by atomic mass is 9.68. The van der Waals surface area contributed by atoms with Crippen LogP contribution in [0.4, 0.5) is 0 Å². The van der Waals surface area contributed by atoms with Gasteiger partial charge in [-0.05, 0) is 61.6 Å². The summed E-state index contributed by atoms with van der Waals surface area (Å²) in [6.07, 6.45) is 5.16. The van der Waals surface area contributed by atoms with Gasteiger partial charge in [-0.2, -0.15) is 0 Å². The largest absolute Gasteiger partial charge is 0.293 e. The number of aryl methyl sites for hydroxylation is 1. The zero-order valence-electron chi connectivity index (χ0n) is 20.7. The second kappa shape index (κ2) is 9.73. The van der Waals surface area contributed by atoms with Gasteiger partial charge in [0, 0.05) is 21.0 Å². The first kappa shape index (κ1) is 24.4. The third kappa shape index (κ3) is 4.40. The van der Waals surface area contributed by atoms with Gasteiger partial charge in [-0.15, -0.1) is 0 Å². The Morgan fingerprint density at radius 2 is 1.78 bits per heavy atom. The van der Waals surface area contributed by atoms with Gasteiger partial charge < -0.3 is 0 Å². The van der Waals surface area contributed by atoms with Crippen molar-refractivity contribution in [2.24, 2.45) is 0 Å². The first-order valence-corrected chi connectivity index (χ1v) is 14.5. The number of halogens is 1. The number of hydrogen-bond acceptors (Lipinski definition) is 4. The van der Waals surface area contributed by atoms with Crippen LogP contribution in [0.1, 0.15) is 52.7 Å². The number of ketones is 1. The smallest absolute Gasteiger partial charge is 0.263 e. The summed E-state index contributed by atoms with van der Waals surface area (Å²) < 4.78 is 2.68. The second-order valence-corrected chi connectivity index (χ2v) is 12.0. The molecule has 3 aromatic carbocycles. The van der Waals surface area contributed by atoms with E-state index >= 15 is 0 Å². The number of carbonyl (C=O) groups is 1. The minimum Gasteiger partial charge on any atom is -0.293 e. The zero-order chi connectivity index (χ0) is 25.6. The molecule has 1 spiro atoms. The van der Waals surface area contributed by atoms with Crippen LogP contribution in [0.3, 0.4) is 0 Å². The Balaban J connectivity index is 1.52. The fourth-order valence-corrected chi connectivity index (χ4v) is 7.12. The van der Waals surface area contributed by atoms with Crippen molar-refractivity contribution in [1.82, 2.24) is 9.55 Å². The Bertz CT molecular complexity index is 1570. The average molecular weight is 572 g/mol. The molecule has 6 heteroatoms. The molecule has 2 aliphatic carbocycles. The molecular formula is C31H27BrN2O2S. The fourth-order valence-electron chi connectivity index (χ4n) is 5.95. The summed E-state index contributed by atoms with van der Waals surface area (Å²) in [6.45, 7) is 2.03. The fraction of sp³-hybridized carbons (Fsp3) is 0.258. The summed E-state index contributed by atoms with van der Waals surface area (Å²) in [6, 6.07) is 23.7. The van der Waals surface area contributed by atoms with Crippen molar-refractivity contribution in [3.63, 3.8) is 0 Å². The van der Waals surface area contributed by atoms with Gasteiger partial charge in [0.15, 0.2) is 10.9 Å². The highest BCUT2D eigenvalue weighted by Gasteiger charge is 2.44. The highest BCUT2D eigenvalue weighted by Crippen LogP contribution is 2.50. The summed E-state index contributed by atoms with van der Waals surface area (Å²) in [5.41, 5.74) is 6.32. The van der Waals surface area contributed by atoms with E-state index in [1.54, 1.807) is 4.57 Å². The SMILES string of the molecule is Cc1cccc(-n2c(SCC(=O)c3ccc(Br)cc3)nc3c(c2=O)C2(CCCC2)Cc2ccccc2-3)c1. The van der Waals surface area contributed by atoms with Gasteiger partial charge in [0.05, 0.1) is 22.7 Å². The lowest BCUT2D eigenvalue weighted by Crippen LogP contribution is -2.40. The van der Waals surface area contributed by atoms with Gasteiger partial charge in [-0.1, -0.05) is 89.1 Å². The lowest BCUT2D eigenvalue weighted by molar-refractivity contribution is 0.102. The molecule has 0 N–H and O–H groups in total. The van der Waals surface area contributed by atoms with Crippen LogP contribution >= 0.6 is 27.7 Å². The van der Waals surface area contributed by atoms with E-state index in [1.807, 2.05) is 61.5 Å². The number of aromatic nitrogens is 2. The van der Waals surface area contributed by atoms with Gasteiger partial charge in [0.2, 0.25) is 0 Å². The van der Waals surface area contributed by atoms with E-state index in [4.69, 9.17) is 4.98 Å². The molecule has 0 aliphatic heterocycles. The average Bonchev–Trinajstić information content (AvgIpc) is 3.35. The molecule has 186 valence electrons. The van der Waals surface area contributed by atoms with E-state index < -0.39 is 0 Å². The molecule has 0 amide bonds. The predicted molar refractivity (Wildman–Crippen MR) is 153 cm³/mol. The Labute approximate surface area is 229 Å². The first-order valence-electron chi connectivity index (χ1n) is 12.7. The monoisotopic (exact) mass is 570 g/mol. The summed E-state index contributed by atoms with van der Waals surface area (Å²) in [4.78, 5) is 32.7. The van der Waals surface area contributed by atoms with Crippen molar-refractivity contribution in [3.05, 3.63) is 110 Å². The summed E-state index contributed by atoms with van der Waals surface area (Å²) in [5, 5.41) is 0.560. The molecule has 4 aromatic rings. The molecule has 1 aromatic heterocycles. The van der Waals surface area contributed by atoms with Crippen LogP contribution in [-0.4, -0.2) is 21.1 Å². The van der Waals surface area contributed by atoms with Crippen LogP contribution in [0.2, 0.25) is 0 Å². The topological polar surface area (TPSA) is 52.0 Å². The number of nitrogens with zero attached hydrogens (tertiary/aromatic N) is 2. The van der Waals surface area contributed by atoms with Crippen LogP contribution in [0.15, 0.2) is 87.2 Å². The van der Waals surface area contributed by atoms with E-state index in [-0.39, 0.29) is 22.5 Å². The lowest BCUT2D eigenvalue weighted by Gasteiger charge is -2.36. The number of Topliss-reactive ketones (excluding diaryl/α,β-unsaturated/α-hetero) is 1. The number of fused-ring (bicyclic) bond motifs is 4. The van der Waals surface area contributed by atoms with Crippen LogP contribution in [0.5, 0.6) is 0 Å². The molecule has 6 rings (SSSR count). The predicted octanol–water partition coefficient (Wildman–Crippen LogP) is 7.31. The number of rotatable bonds is 5. The second-order valence-electron chi connectivity index (χ2n) is 10.1. The first-order chi connectivity index (χ1) is 17.9.